The molecular formula is C32H41N7O. The summed E-state index contributed by atoms with van der Waals surface area (Å²) in [4.78, 5) is 19.9. The number of H-pyrrole nitrogens is 2. The number of benzene rings is 2. The van der Waals surface area contributed by atoms with Gasteiger partial charge in [0.1, 0.15) is 5.82 Å². The fourth-order valence-corrected chi connectivity index (χ4v) is 5.39. The highest BCUT2D eigenvalue weighted by Gasteiger charge is 2.29. The van der Waals surface area contributed by atoms with Gasteiger partial charge in [-0.05, 0) is 49.9 Å². The summed E-state index contributed by atoms with van der Waals surface area (Å²) in [5.74, 6) is 1.52. The molecule has 0 bridgehead atoms. The molecule has 2 aromatic carbocycles. The first-order valence-corrected chi connectivity index (χ1v) is 14.5. The Morgan fingerprint density at radius 3 is 2.25 bits per heavy atom. The summed E-state index contributed by atoms with van der Waals surface area (Å²) < 4.78 is 2.24. The SMILES string of the molecule is CCCCCCn1c(CCc2c[nH]c3ccccc23)nnc1[C@@H](Cc1c[nH]c2ccccc12)NC(=O)C(C)(C)N. The van der Waals surface area contributed by atoms with E-state index in [2.05, 4.69) is 68.4 Å². The molecule has 0 aliphatic heterocycles. The molecule has 1 atom stereocenters. The highest BCUT2D eigenvalue weighted by atomic mass is 16.2. The van der Waals surface area contributed by atoms with E-state index in [1.165, 1.54) is 23.8 Å². The van der Waals surface area contributed by atoms with E-state index >= 15 is 0 Å². The van der Waals surface area contributed by atoms with E-state index in [0.29, 0.717) is 6.42 Å². The van der Waals surface area contributed by atoms with E-state index in [9.17, 15) is 4.79 Å². The van der Waals surface area contributed by atoms with Gasteiger partial charge in [0, 0.05) is 53.6 Å². The summed E-state index contributed by atoms with van der Waals surface area (Å²) in [6.07, 6.45) is 10.9. The van der Waals surface area contributed by atoms with Crippen molar-refractivity contribution in [2.24, 2.45) is 5.73 Å². The van der Waals surface area contributed by atoms with Crippen molar-refractivity contribution in [3.8, 4) is 0 Å². The van der Waals surface area contributed by atoms with Gasteiger partial charge in [-0.2, -0.15) is 0 Å². The molecule has 5 N–H and O–H groups in total. The lowest BCUT2D eigenvalue weighted by Crippen LogP contribution is -2.50. The second-order valence-corrected chi connectivity index (χ2v) is 11.4. The molecule has 5 rings (SSSR count). The van der Waals surface area contributed by atoms with Crippen molar-refractivity contribution < 1.29 is 4.79 Å². The Morgan fingerprint density at radius 1 is 0.925 bits per heavy atom. The molecule has 0 saturated heterocycles. The molecule has 1 amide bonds. The van der Waals surface area contributed by atoms with Gasteiger partial charge in [0.15, 0.2) is 5.82 Å². The molecular weight excluding hydrogens is 498 g/mol. The molecule has 0 spiro atoms. The summed E-state index contributed by atoms with van der Waals surface area (Å²) in [5.41, 5.74) is 9.80. The third-order valence-corrected chi connectivity index (χ3v) is 7.69. The van der Waals surface area contributed by atoms with Crippen LogP contribution in [0.25, 0.3) is 21.8 Å². The van der Waals surface area contributed by atoms with Crippen LogP contribution in [0.3, 0.4) is 0 Å². The quantitative estimate of drug-likeness (QED) is 0.143. The zero-order valence-electron chi connectivity index (χ0n) is 23.8. The Labute approximate surface area is 235 Å². The van der Waals surface area contributed by atoms with Crippen LogP contribution in [0.4, 0.5) is 0 Å². The largest absolute Gasteiger partial charge is 0.361 e. The summed E-state index contributed by atoms with van der Waals surface area (Å²) in [5, 5.41) is 15.0. The number of aryl methyl sites for hydroxylation is 2. The molecule has 0 saturated carbocycles. The number of rotatable bonds is 13. The van der Waals surface area contributed by atoms with Crippen LogP contribution in [-0.2, 0) is 30.6 Å². The number of unbranched alkanes of at least 4 members (excludes halogenated alkanes) is 3. The minimum atomic E-state index is -1.01. The second kappa shape index (κ2) is 12.1. The topological polar surface area (TPSA) is 117 Å². The Kier molecular flexibility index (Phi) is 8.35. The summed E-state index contributed by atoms with van der Waals surface area (Å²) in [7, 11) is 0. The fourth-order valence-electron chi connectivity index (χ4n) is 5.39. The highest BCUT2D eigenvalue weighted by molar-refractivity contribution is 5.86. The molecule has 3 aromatic heterocycles. The van der Waals surface area contributed by atoms with E-state index in [1.807, 2.05) is 24.4 Å². The van der Waals surface area contributed by atoms with Gasteiger partial charge < -0.3 is 25.6 Å². The van der Waals surface area contributed by atoms with Gasteiger partial charge in [-0.3, -0.25) is 4.79 Å². The Balaban J connectivity index is 1.47. The summed E-state index contributed by atoms with van der Waals surface area (Å²) in [6.45, 7) is 6.50. The number of hydrogen-bond donors (Lipinski definition) is 4. The second-order valence-electron chi connectivity index (χ2n) is 11.4. The number of fused-ring (bicyclic) bond motifs is 2. The number of aromatic nitrogens is 5. The highest BCUT2D eigenvalue weighted by Crippen LogP contribution is 2.26. The molecule has 3 heterocycles. The smallest absolute Gasteiger partial charge is 0.240 e. The van der Waals surface area contributed by atoms with Crippen LogP contribution in [0.2, 0.25) is 0 Å². The van der Waals surface area contributed by atoms with Crippen molar-refractivity contribution >= 4 is 27.7 Å². The van der Waals surface area contributed by atoms with Crippen LogP contribution >= 0.6 is 0 Å². The van der Waals surface area contributed by atoms with E-state index in [0.717, 1.165) is 65.9 Å². The molecule has 0 aliphatic carbocycles. The van der Waals surface area contributed by atoms with Crippen LogP contribution in [0.5, 0.6) is 0 Å². The maximum Gasteiger partial charge on any atom is 0.240 e. The predicted octanol–water partition coefficient (Wildman–Crippen LogP) is 5.74. The van der Waals surface area contributed by atoms with Gasteiger partial charge >= 0.3 is 0 Å². The minimum absolute atomic E-state index is 0.210. The van der Waals surface area contributed by atoms with Crippen molar-refractivity contribution in [2.75, 3.05) is 0 Å². The van der Waals surface area contributed by atoms with Gasteiger partial charge in [0.05, 0.1) is 11.6 Å². The molecule has 0 radical (unpaired) electrons. The number of nitrogens with zero attached hydrogens (tertiary/aromatic N) is 3. The average Bonchev–Trinajstić information content (AvgIpc) is 3.66. The standard InChI is InChI=1S/C32H41N7O/c1-4-5-6-11-18-39-29(17-16-22-20-34-26-14-9-7-12-24(22)26)37-38-30(39)28(36-31(40)32(2,3)33)19-23-21-35-27-15-10-8-13-25(23)27/h7-10,12-15,20-21,28,34-35H,4-6,11,16-19,33H2,1-3H3,(H,36,40)/t28-/m1/s1. The monoisotopic (exact) mass is 539 g/mol. The van der Waals surface area contributed by atoms with Crippen LogP contribution in [0, 0.1) is 0 Å². The number of hydrogen-bond acceptors (Lipinski definition) is 4. The predicted molar refractivity (Wildman–Crippen MR) is 161 cm³/mol. The Morgan fingerprint density at radius 2 is 1.57 bits per heavy atom. The van der Waals surface area contributed by atoms with E-state index < -0.39 is 5.54 Å². The third kappa shape index (κ3) is 6.12. The van der Waals surface area contributed by atoms with E-state index in [1.54, 1.807) is 13.8 Å². The van der Waals surface area contributed by atoms with Crippen molar-refractivity contribution in [2.45, 2.75) is 83.8 Å². The molecule has 8 nitrogen and oxygen atoms in total. The molecule has 210 valence electrons. The molecule has 0 aliphatic rings. The maximum absolute atomic E-state index is 13.2. The number of carbonyl (C=O) groups excluding carboxylic acids is 1. The molecule has 5 aromatic rings. The van der Waals surface area contributed by atoms with Crippen molar-refractivity contribution in [1.82, 2.24) is 30.0 Å². The normalized spacial score (nSPS) is 12.8. The first-order chi connectivity index (χ1) is 19.3. The van der Waals surface area contributed by atoms with Crippen molar-refractivity contribution in [3.63, 3.8) is 0 Å². The van der Waals surface area contributed by atoms with Gasteiger partial charge in [-0.1, -0.05) is 62.6 Å². The third-order valence-electron chi connectivity index (χ3n) is 7.69. The van der Waals surface area contributed by atoms with Gasteiger partial charge in [0.2, 0.25) is 5.91 Å². The number of amides is 1. The lowest BCUT2D eigenvalue weighted by molar-refractivity contribution is -0.126. The zero-order valence-corrected chi connectivity index (χ0v) is 23.8. The molecule has 40 heavy (non-hydrogen) atoms. The average molecular weight is 540 g/mol. The summed E-state index contributed by atoms with van der Waals surface area (Å²) in [6, 6.07) is 16.2. The Bertz CT molecular complexity index is 1570. The Hall–Kier alpha value is -3.91. The van der Waals surface area contributed by atoms with Gasteiger partial charge in [-0.25, -0.2) is 0 Å². The lowest BCUT2D eigenvalue weighted by Gasteiger charge is -2.24. The first kappa shape index (κ1) is 27.6. The van der Waals surface area contributed by atoms with Crippen molar-refractivity contribution in [1.29, 1.82) is 0 Å². The van der Waals surface area contributed by atoms with Crippen LogP contribution in [-0.4, -0.2) is 36.2 Å². The number of nitrogens with one attached hydrogen (secondary N) is 3. The minimum Gasteiger partial charge on any atom is -0.361 e. The van der Waals surface area contributed by atoms with E-state index in [-0.39, 0.29) is 11.9 Å². The van der Waals surface area contributed by atoms with Crippen molar-refractivity contribution in [3.05, 3.63) is 83.7 Å². The summed E-state index contributed by atoms with van der Waals surface area (Å²) >= 11 is 0. The number of para-hydroxylation sites is 2. The van der Waals surface area contributed by atoms with Crippen LogP contribution in [0.15, 0.2) is 60.9 Å². The van der Waals surface area contributed by atoms with Gasteiger partial charge in [0.25, 0.3) is 0 Å². The van der Waals surface area contributed by atoms with Crippen LogP contribution < -0.4 is 11.1 Å². The molecule has 0 unspecified atom stereocenters. The number of aromatic amines is 2. The number of carbonyl (C=O) groups is 1. The zero-order chi connectivity index (χ0) is 28.1. The molecule has 0 fully saturated rings. The van der Waals surface area contributed by atoms with Crippen LogP contribution in [0.1, 0.15) is 75.3 Å². The fraction of sp³-hybridized carbons (Fsp3) is 0.406. The first-order valence-electron chi connectivity index (χ1n) is 14.5. The number of nitrogens with two attached hydrogens (primary N) is 1. The maximum atomic E-state index is 13.2. The lowest BCUT2D eigenvalue weighted by atomic mass is 10.0. The molecule has 8 heteroatoms. The van der Waals surface area contributed by atoms with Gasteiger partial charge in [-0.15, -0.1) is 10.2 Å². The van der Waals surface area contributed by atoms with E-state index in [4.69, 9.17) is 10.8 Å².